The van der Waals surface area contributed by atoms with E-state index < -0.39 is 0 Å². The molecular weight excluding hydrogens is 174 g/mol. The highest BCUT2D eigenvalue weighted by atomic mass is 35.5. The third-order valence-corrected chi connectivity index (χ3v) is 1.72. The second kappa shape index (κ2) is 4.83. The Morgan fingerprint density at radius 2 is 2.25 bits per heavy atom. The van der Waals surface area contributed by atoms with Gasteiger partial charge < -0.3 is 12.4 Å². The summed E-state index contributed by atoms with van der Waals surface area (Å²) in [5.41, 5.74) is 8.05. The first-order chi connectivity index (χ1) is 5.29. The number of pyridine rings is 1. The zero-order valence-electron chi connectivity index (χ0n) is 7.21. The molecule has 12 heavy (non-hydrogen) atoms. The number of hydrogen-bond donors (Lipinski definition) is 1. The van der Waals surface area contributed by atoms with E-state index in [1.165, 1.54) is 0 Å². The van der Waals surface area contributed by atoms with E-state index in [9.17, 15) is 0 Å². The van der Waals surface area contributed by atoms with Crippen LogP contribution in [0.4, 0.5) is 5.82 Å². The zero-order chi connectivity index (χ0) is 8.27. The molecule has 1 heterocycles. The van der Waals surface area contributed by atoms with Crippen molar-refractivity contribution in [1.82, 2.24) is 0 Å². The average Bonchev–Trinajstić information content (AvgIpc) is 2.04. The summed E-state index contributed by atoms with van der Waals surface area (Å²) in [4.78, 5) is 0. The van der Waals surface area contributed by atoms with Crippen LogP contribution in [0.15, 0.2) is 23.4 Å². The van der Waals surface area contributed by atoms with Gasteiger partial charge in [-0.05, 0) is 18.6 Å². The largest absolute Gasteiger partial charge is 1.00 e. The average molecular weight is 186 g/mol. The maximum atomic E-state index is 6.93. The van der Waals surface area contributed by atoms with Crippen LogP contribution in [0.5, 0.6) is 0 Å². The highest BCUT2D eigenvalue weighted by Crippen LogP contribution is 2.12. The van der Waals surface area contributed by atoms with Gasteiger partial charge in [0.05, 0.1) is 18.4 Å². The number of aromatic nitrogens is 1. The molecule has 0 fully saturated rings. The lowest BCUT2D eigenvalue weighted by Crippen LogP contribution is -3.00. The van der Waals surface area contributed by atoms with Crippen molar-refractivity contribution in [3.63, 3.8) is 0 Å². The van der Waals surface area contributed by atoms with Crippen LogP contribution in [0, 0.1) is 5.53 Å². The third kappa shape index (κ3) is 2.01. The van der Waals surface area contributed by atoms with Gasteiger partial charge in [-0.15, -0.1) is 0 Å². The SMILES string of the molecule is CCc1ccc[n+](C)c1N=N.[Cl-]. The van der Waals surface area contributed by atoms with Gasteiger partial charge in [0.2, 0.25) is 0 Å². The van der Waals surface area contributed by atoms with Crippen molar-refractivity contribution >= 4 is 5.82 Å². The van der Waals surface area contributed by atoms with E-state index >= 15 is 0 Å². The monoisotopic (exact) mass is 185 g/mol. The summed E-state index contributed by atoms with van der Waals surface area (Å²) < 4.78 is 1.85. The van der Waals surface area contributed by atoms with Crippen molar-refractivity contribution < 1.29 is 17.0 Å². The van der Waals surface area contributed by atoms with Gasteiger partial charge in [-0.2, -0.15) is 0 Å². The number of rotatable bonds is 2. The molecule has 66 valence electrons. The molecule has 0 unspecified atom stereocenters. The van der Waals surface area contributed by atoms with E-state index in [0.717, 1.165) is 17.8 Å². The molecule has 0 saturated carbocycles. The zero-order valence-corrected chi connectivity index (χ0v) is 7.97. The normalized spacial score (nSPS) is 8.83. The van der Waals surface area contributed by atoms with Crippen molar-refractivity contribution in [2.24, 2.45) is 12.2 Å². The molecule has 0 aromatic carbocycles. The maximum Gasteiger partial charge on any atom is 0.352 e. The summed E-state index contributed by atoms with van der Waals surface area (Å²) in [5.74, 6) is 0.745. The van der Waals surface area contributed by atoms with Crippen LogP contribution in [0.2, 0.25) is 0 Å². The smallest absolute Gasteiger partial charge is 0.352 e. The summed E-state index contributed by atoms with van der Waals surface area (Å²) >= 11 is 0. The predicted molar refractivity (Wildman–Crippen MR) is 41.8 cm³/mol. The molecule has 0 atom stereocenters. The van der Waals surface area contributed by atoms with E-state index in [0.29, 0.717) is 0 Å². The molecule has 1 aromatic rings. The Labute approximate surface area is 78.3 Å². The quantitative estimate of drug-likeness (QED) is 0.442. The number of hydrogen-bond acceptors (Lipinski definition) is 2. The first-order valence-corrected chi connectivity index (χ1v) is 3.64. The predicted octanol–water partition coefficient (Wildman–Crippen LogP) is -1.26. The molecule has 0 saturated heterocycles. The van der Waals surface area contributed by atoms with Gasteiger partial charge >= 0.3 is 5.82 Å². The van der Waals surface area contributed by atoms with E-state index in [1.807, 2.05) is 29.9 Å². The van der Waals surface area contributed by atoms with E-state index in [2.05, 4.69) is 12.0 Å². The molecule has 1 aromatic heterocycles. The highest BCUT2D eigenvalue weighted by molar-refractivity contribution is 5.31. The molecule has 0 radical (unpaired) electrons. The van der Waals surface area contributed by atoms with Crippen molar-refractivity contribution in [2.75, 3.05) is 0 Å². The number of nitrogens with one attached hydrogen (secondary N) is 1. The first kappa shape index (κ1) is 11.0. The lowest BCUT2D eigenvalue weighted by atomic mass is 10.2. The fraction of sp³-hybridized carbons (Fsp3) is 0.375. The van der Waals surface area contributed by atoms with Gasteiger partial charge in [-0.25, -0.2) is 4.57 Å². The van der Waals surface area contributed by atoms with Crippen molar-refractivity contribution in [2.45, 2.75) is 13.3 Å². The lowest BCUT2D eigenvalue weighted by Gasteiger charge is -1.96. The Hall–Kier alpha value is -0.960. The summed E-state index contributed by atoms with van der Waals surface area (Å²) in [6.45, 7) is 2.06. The van der Waals surface area contributed by atoms with Crippen LogP contribution in [-0.2, 0) is 13.5 Å². The van der Waals surface area contributed by atoms with Crippen LogP contribution in [0.25, 0.3) is 0 Å². The Balaban J connectivity index is 0.00000121. The molecule has 0 amide bonds. The van der Waals surface area contributed by atoms with Gasteiger partial charge in [-0.3, -0.25) is 0 Å². The topological polar surface area (TPSA) is 40.1 Å². The van der Waals surface area contributed by atoms with Crippen molar-refractivity contribution in [1.29, 1.82) is 5.53 Å². The van der Waals surface area contributed by atoms with Crippen LogP contribution in [-0.4, -0.2) is 0 Å². The van der Waals surface area contributed by atoms with E-state index in [-0.39, 0.29) is 12.4 Å². The number of nitrogens with zero attached hydrogens (tertiary/aromatic N) is 2. The molecular formula is C8H12ClN3. The van der Waals surface area contributed by atoms with Gasteiger partial charge in [0.15, 0.2) is 0 Å². The van der Waals surface area contributed by atoms with Gasteiger partial charge in [-0.1, -0.05) is 12.5 Å². The minimum Gasteiger partial charge on any atom is -1.00 e. The molecule has 0 aliphatic rings. The van der Waals surface area contributed by atoms with Crippen molar-refractivity contribution in [3.05, 3.63) is 23.9 Å². The van der Waals surface area contributed by atoms with Crippen LogP contribution < -0.4 is 17.0 Å². The first-order valence-electron chi connectivity index (χ1n) is 3.64. The third-order valence-electron chi connectivity index (χ3n) is 1.72. The molecule has 1 rings (SSSR count). The summed E-state index contributed by atoms with van der Waals surface area (Å²) in [6, 6.07) is 3.96. The van der Waals surface area contributed by atoms with Gasteiger partial charge in [0, 0.05) is 5.56 Å². The fourth-order valence-corrected chi connectivity index (χ4v) is 1.09. The number of aryl methyl sites for hydroxylation is 2. The number of halogens is 1. The van der Waals surface area contributed by atoms with Crippen LogP contribution in [0.1, 0.15) is 12.5 Å². The second-order valence-corrected chi connectivity index (χ2v) is 2.43. The highest BCUT2D eigenvalue weighted by Gasteiger charge is 2.09. The molecule has 0 bridgehead atoms. The Bertz CT molecular complexity index is 273. The minimum atomic E-state index is 0. The second-order valence-electron chi connectivity index (χ2n) is 2.43. The summed E-state index contributed by atoms with van der Waals surface area (Å²) in [6.07, 6.45) is 2.82. The van der Waals surface area contributed by atoms with Gasteiger partial charge in [0.1, 0.15) is 0 Å². The molecule has 0 spiro atoms. The lowest BCUT2D eigenvalue weighted by molar-refractivity contribution is -0.659. The molecule has 3 nitrogen and oxygen atoms in total. The Morgan fingerprint density at radius 1 is 1.58 bits per heavy atom. The standard InChI is InChI=1S/C8H12N3.ClH/c1-3-7-5-4-6-11(2)8(7)10-9;/h4-6,9H,3H2,1-2H3;1H/q+1;/p-1. The molecule has 4 heteroatoms. The summed E-state index contributed by atoms with van der Waals surface area (Å²) in [7, 11) is 1.90. The van der Waals surface area contributed by atoms with Crippen LogP contribution in [0.3, 0.4) is 0 Å². The fourth-order valence-electron chi connectivity index (χ4n) is 1.09. The molecule has 1 N–H and O–H groups in total. The molecule has 0 aliphatic heterocycles. The summed E-state index contributed by atoms with van der Waals surface area (Å²) in [5, 5.41) is 3.45. The van der Waals surface area contributed by atoms with E-state index in [4.69, 9.17) is 5.53 Å². The van der Waals surface area contributed by atoms with Crippen LogP contribution >= 0.6 is 0 Å². The van der Waals surface area contributed by atoms with E-state index in [1.54, 1.807) is 0 Å². The molecule has 0 aliphatic carbocycles. The Morgan fingerprint density at radius 3 is 2.67 bits per heavy atom. The van der Waals surface area contributed by atoms with Gasteiger partial charge in [0.25, 0.3) is 0 Å². The maximum absolute atomic E-state index is 6.93. The van der Waals surface area contributed by atoms with Crippen molar-refractivity contribution in [3.8, 4) is 0 Å². The minimum absolute atomic E-state index is 0. The Kier molecular flexibility index (Phi) is 4.44.